The number of anilines is 1. The summed E-state index contributed by atoms with van der Waals surface area (Å²) in [6, 6.07) is 15.0. The molecule has 1 aliphatic carbocycles. The van der Waals surface area contributed by atoms with Gasteiger partial charge in [-0.05, 0) is 0 Å². The van der Waals surface area contributed by atoms with Gasteiger partial charge in [-0.3, -0.25) is 0 Å². The first kappa shape index (κ1) is 13.3. The summed E-state index contributed by atoms with van der Waals surface area (Å²) in [7, 11) is 0. The minimum absolute atomic E-state index is 0.0333. The fourth-order valence-electron chi connectivity index (χ4n) is 2.89. The third-order valence-electron chi connectivity index (χ3n) is 4.13. The second kappa shape index (κ2) is 5.45. The van der Waals surface area contributed by atoms with Crippen molar-refractivity contribution in [3.63, 3.8) is 0 Å². The average molecular weight is 363 g/mol. The first-order chi connectivity index (χ1) is 10.3. The van der Waals surface area contributed by atoms with Gasteiger partial charge in [-0.1, -0.05) is 0 Å². The van der Waals surface area contributed by atoms with E-state index >= 15 is 0 Å². The molecular weight excluding hydrogens is 349 g/mol. The molecule has 1 saturated carbocycles. The first-order valence-corrected chi connectivity index (χ1v) is 8.94. The van der Waals surface area contributed by atoms with Crippen molar-refractivity contribution in [2.75, 3.05) is 5.32 Å². The van der Waals surface area contributed by atoms with Gasteiger partial charge in [0.15, 0.2) is 0 Å². The summed E-state index contributed by atoms with van der Waals surface area (Å²) >= 11 is 5.97. The topological polar surface area (TPSA) is 37.8 Å². The van der Waals surface area contributed by atoms with E-state index in [9.17, 15) is 0 Å². The van der Waals surface area contributed by atoms with Crippen LogP contribution in [-0.4, -0.2) is 29.0 Å². The molecule has 0 amide bonds. The molecule has 1 aromatic heterocycles. The van der Waals surface area contributed by atoms with E-state index in [1.165, 1.54) is 5.56 Å². The number of benzene rings is 2. The van der Waals surface area contributed by atoms with Crippen LogP contribution in [0.15, 0.2) is 42.5 Å². The molecule has 0 unspecified atom stereocenters. The summed E-state index contributed by atoms with van der Waals surface area (Å²) in [6.45, 7) is 0. The van der Waals surface area contributed by atoms with E-state index < -0.39 is 0 Å². The van der Waals surface area contributed by atoms with Gasteiger partial charge >= 0.3 is 134 Å². The van der Waals surface area contributed by atoms with Crippen LogP contribution < -0.4 is 5.32 Å². The summed E-state index contributed by atoms with van der Waals surface area (Å²) in [4.78, 5) is 0. The zero-order chi connectivity index (χ0) is 14.2. The van der Waals surface area contributed by atoms with E-state index in [1.807, 2.05) is 18.2 Å². The van der Waals surface area contributed by atoms with Crippen molar-refractivity contribution in [3.05, 3.63) is 53.1 Å². The molecule has 21 heavy (non-hydrogen) atoms. The Morgan fingerprint density at radius 2 is 1.86 bits per heavy atom. The molecule has 5 heteroatoms. The second-order valence-electron chi connectivity index (χ2n) is 5.50. The number of nitrogens with one attached hydrogen (secondary N) is 1. The molecule has 1 heterocycles. The van der Waals surface area contributed by atoms with E-state index in [4.69, 9.17) is 11.6 Å². The van der Waals surface area contributed by atoms with Gasteiger partial charge in [0, 0.05) is 0 Å². The average Bonchev–Trinajstić information content (AvgIpc) is 2.93. The normalized spacial score (nSPS) is 21.2. The van der Waals surface area contributed by atoms with Crippen molar-refractivity contribution in [3.8, 4) is 0 Å². The van der Waals surface area contributed by atoms with Crippen molar-refractivity contribution in [1.29, 1.82) is 0 Å². The van der Waals surface area contributed by atoms with Crippen molar-refractivity contribution in [2.45, 2.75) is 24.8 Å². The summed E-state index contributed by atoms with van der Waals surface area (Å²) in [6.07, 6.45) is 2.32. The van der Waals surface area contributed by atoms with Crippen molar-refractivity contribution in [1.82, 2.24) is 7.96 Å². The summed E-state index contributed by atoms with van der Waals surface area (Å²) < 4.78 is 8.94. The second-order valence-corrected chi connectivity index (χ2v) is 7.04. The van der Waals surface area contributed by atoms with Crippen LogP contribution in [0.25, 0.3) is 11.0 Å². The fourth-order valence-corrected chi connectivity index (χ4v) is 4.16. The predicted molar refractivity (Wildman–Crippen MR) is 87.3 cm³/mol. The molecule has 2 aromatic carbocycles. The summed E-state index contributed by atoms with van der Waals surface area (Å²) in [5, 5.41) is 4.43. The van der Waals surface area contributed by atoms with E-state index in [1.54, 1.807) is 0 Å². The number of hydrogen-bond acceptors (Lipinski definition) is 3. The van der Waals surface area contributed by atoms with Crippen LogP contribution in [0.4, 0.5) is 5.69 Å². The molecule has 3 aromatic rings. The Labute approximate surface area is 134 Å². The van der Waals surface area contributed by atoms with Crippen LogP contribution in [0.5, 0.6) is 0 Å². The molecule has 106 valence electrons. The van der Waals surface area contributed by atoms with Crippen LogP contribution in [0, 0.1) is 0 Å². The first-order valence-electron chi connectivity index (χ1n) is 7.03. The number of rotatable bonds is 3. The van der Waals surface area contributed by atoms with Gasteiger partial charge in [-0.2, -0.15) is 0 Å². The van der Waals surface area contributed by atoms with E-state index in [0.717, 1.165) is 34.6 Å². The van der Waals surface area contributed by atoms with Crippen molar-refractivity contribution >= 4 is 43.3 Å². The Bertz CT molecular complexity index is 763. The Morgan fingerprint density at radius 3 is 2.67 bits per heavy atom. The molecule has 1 N–H and O–H groups in total. The molecule has 4 rings (SSSR count). The molecule has 1 fully saturated rings. The van der Waals surface area contributed by atoms with Crippen molar-refractivity contribution < 1.29 is 0 Å². The van der Waals surface area contributed by atoms with Crippen LogP contribution >= 0.6 is 11.6 Å². The third kappa shape index (κ3) is 2.59. The SMILES string of the molecule is Clc1ccc(C2CC(Nc3cccc4n[se]nc34)C2)cc1. The molecule has 0 spiro atoms. The van der Waals surface area contributed by atoms with Gasteiger partial charge in [0.25, 0.3) is 0 Å². The van der Waals surface area contributed by atoms with Gasteiger partial charge in [0.05, 0.1) is 0 Å². The Kier molecular flexibility index (Phi) is 3.46. The number of hydrogen-bond donors (Lipinski definition) is 1. The molecular formula is C16H14ClN3Se. The third-order valence-corrected chi connectivity index (χ3v) is 5.52. The van der Waals surface area contributed by atoms with Gasteiger partial charge in [-0.15, -0.1) is 0 Å². The molecule has 0 radical (unpaired) electrons. The Hall–Kier alpha value is -1.35. The summed E-state index contributed by atoms with van der Waals surface area (Å²) in [5.41, 5.74) is 4.61. The van der Waals surface area contributed by atoms with Crippen LogP contribution in [0.1, 0.15) is 24.3 Å². The quantitative estimate of drug-likeness (QED) is 0.722. The van der Waals surface area contributed by atoms with Crippen LogP contribution in [0.2, 0.25) is 5.02 Å². The molecule has 0 atom stereocenters. The van der Waals surface area contributed by atoms with Crippen LogP contribution in [-0.2, 0) is 0 Å². The zero-order valence-electron chi connectivity index (χ0n) is 11.3. The molecule has 0 aliphatic heterocycles. The number of nitrogens with zero attached hydrogens (tertiary/aromatic N) is 2. The standard InChI is InChI=1S/C16H14ClN3Se/c17-12-6-4-10(5-7-12)11-8-13(9-11)18-14-2-1-3-15-16(14)20-21-19-15/h1-7,11,13,18H,8-9H2. The fraction of sp³-hybridized carbons (Fsp3) is 0.250. The molecule has 1 aliphatic rings. The predicted octanol–water partition coefficient (Wildman–Crippen LogP) is 3.70. The van der Waals surface area contributed by atoms with Gasteiger partial charge < -0.3 is 0 Å². The van der Waals surface area contributed by atoms with Gasteiger partial charge in [0.1, 0.15) is 0 Å². The minimum atomic E-state index is 0.0333. The monoisotopic (exact) mass is 363 g/mol. The van der Waals surface area contributed by atoms with E-state index in [0.29, 0.717) is 12.0 Å². The maximum absolute atomic E-state index is 5.94. The Morgan fingerprint density at radius 1 is 1.05 bits per heavy atom. The number of aromatic nitrogens is 2. The van der Waals surface area contributed by atoms with Gasteiger partial charge in [-0.25, -0.2) is 0 Å². The molecule has 0 saturated heterocycles. The number of fused-ring (bicyclic) bond motifs is 1. The maximum atomic E-state index is 5.94. The number of halogens is 1. The molecule has 0 bridgehead atoms. The molecule has 3 nitrogen and oxygen atoms in total. The van der Waals surface area contributed by atoms with Crippen LogP contribution in [0.3, 0.4) is 0 Å². The summed E-state index contributed by atoms with van der Waals surface area (Å²) in [5.74, 6) is 0.641. The van der Waals surface area contributed by atoms with Crippen molar-refractivity contribution in [2.24, 2.45) is 0 Å². The Balaban J connectivity index is 1.44. The van der Waals surface area contributed by atoms with E-state index in [2.05, 4.69) is 37.5 Å². The van der Waals surface area contributed by atoms with Gasteiger partial charge in [0.2, 0.25) is 0 Å². The van der Waals surface area contributed by atoms with E-state index in [-0.39, 0.29) is 15.0 Å². The zero-order valence-corrected chi connectivity index (χ0v) is 13.8.